The molecule has 2 heteroatoms. The molecule has 16 heavy (non-hydrogen) atoms. The predicted molar refractivity (Wildman–Crippen MR) is 70.8 cm³/mol. The van der Waals surface area contributed by atoms with E-state index in [4.69, 9.17) is 0 Å². The Morgan fingerprint density at radius 2 is 1.75 bits per heavy atom. The molecule has 0 saturated heterocycles. The topological polar surface area (TPSA) is 15.3 Å². The maximum Gasteiger partial charge on any atom is 0.0206 e. The van der Waals surface area contributed by atoms with E-state index >= 15 is 0 Å². The fraction of sp³-hybridized carbons (Fsp3) is 0.571. The molecule has 0 radical (unpaired) electrons. The number of rotatable bonds is 6. The van der Waals surface area contributed by atoms with E-state index < -0.39 is 0 Å². The molecule has 0 unspecified atom stereocenters. The Morgan fingerprint density at radius 3 is 2.25 bits per heavy atom. The second-order valence-electron chi connectivity index (χ2n) is 4.88. The van der Waals surface area contributed by atoms with Gasteiger partial charge in [-0.05, 0) is 31.1 Å². The molecular weight excluding hydrogens is 196 g/mol. The molecule has 1 aromatic carbocycles. The average molecular weight is 220 g/mol. The normalized spacial score (nSPS) is 11.4. The van der Waals surface area contributed by atoms with Crippen molar-refractivity contribution in [3.63, 3.8) is 0 Å². The van der Waals surface area contributed by atoms with Crippen molar-refractivity contribution < 1.29 is 0 Å². The maximum absolute atomic E-state index is 3.44. The number of nitrogens with one attached hydrogen (secondary N) is 1. The zero-order chi connectivity index (χ0) is 12.0. The summed E-state index contributed by atoms with van der Waals surface area (Å²) in [5.41, 5.74) is 2.78. The van der Waals surface area contributed by atoms with Gasteiger partial charge in [-0.1, -0.05) is 38.1 Å². The number of benzene rings is 1. The van der Waals surface area contributed by atoms with Crippen LogP contribution in [0.25, 0.3) is 0 Å². The Hall–Kier alpha value is -0.860. The summed E-state index contributed by atoms with van der Waals surface area (Å²) in [6.45, 7) is 7.55. The summed E-state index contributed by atoms with van der Waals surface area (Å²) < 4.78 is 0. The zero-order valence-electron chi connectivity index (χ0n) is 11.0. The lowest BCUT2D eigenvalue weighted by Gasteiger charge is -2.11. The van der Waals surface area contributed by atoms with Crippen molar-refractivity contribution in [1.82, 2.24) is 10.2 Å². The minimum Gasteiger partial charge on any atom is -0.311 e. The van der Waals surface area contributed by atoms with Crippen molar-refractivity contribution in [2.75, 3.05) is 27.2 Å². The van der Waals surface area contributed by atoms with Gasteiger partial charge >= 0.3 is 0 Å². The van der Waals surface area contributed by atoms with E-state index in [1.54, 1.807) is 0 Å². The maximum atomic E-state index is 3.44. The van der Waals surface area contributed by atoms with Crippen molar-refractivity contribution in [3.05, 3.63) is 35.4 Å². The van der Waals surface area contributed by atoms with Crippen LogP contribution in [0.3, 0.4) is 0 Å². The van der Waals surface area contributed by atoms with Gasteiger partial charge in [0.15, 0.2) is 0 Å². The lowest BCUT2D eigenvalue weighted by molar-refractivity contribution is 0.400. The molecule has 1 rings (SSSR count). The van der Waals surface area contributed by atoms with E-state index in [1.165, 1.54) is 11.1 Å². The third-order valence-electron chi connectivity index (χ3n) is 2.71. The van der Waals surface area contributed by atoms with Crippen LogP contribution in [0.1, 0.15) is 30.9 Å². The van der Waals surface area contributed by atoms with Gasteiger partial charge in [-0.15, -0.1) is 0 Å². The fourth-order valence-corrected chi connectivity index (χ4v) is 1.56. The lowest BCUT2D eigenvalue weighted by Crippen LogP contribution is -2.26. The van der Waals surface area contributed by atoms with Gasteiger partial charge in [0.1, 0.15) is 0 Å². The summed E-state index contributed by atoms with van der Waals surface area (Å²) in [6, 6.07) is 8.90. The molecule has 0 saturated carbocycles. The predicted octanol–water partition coefficient (Wildman–Crippen LogP) is 2.46. The van der Waals surface area contributed by atoms with Gasteiger partial charge < -0.3 is 10.2 Å². The quantitative estimate of drug-likeness (QED) is 0.741. The molecule has 0 aliphatic heterocycles. The summed E-state index contributed by atoms with van der Waals surface area (Å²) in [7, 11) is 4.19. The molecule has 1 aromatic rings. The Morgan fingerprint density at radius 1 is 1.12 bits per heavy atom. The second kappa shape index (κ2) is 6.66. The molecular formula is C14H24N2. The Bertz CT molecular complexity index is 288. The first kappa shape index (κ1) is 13.2. The van der Waals surface area contributed by atoms with E-state index in [-0.39, 0.29) is 0 Å². The Balaban J connectivity index is 2.32. The van der Waals surface area contributed by atoms with Crippen molar-refractivity contribution >= 4 is 0 Å². The summed E-state index contributed by atoms with van der Waals surface area (Å²) in [5.74, 6) is 0.621. The van der Waals surface area contributed by atoms with Crippen molar-refractivity contribution in [2.45, 2.75) is 26.3 Å². The van der Waals surface area contributed by atoms with Gasteiger partial charge in [0.2, 0.25) is 0 Å². The Kier molecular flexibility index (Phi) is 5.50. The van der Waals surface area contributed by atoms with Gasteiger partial charge in [0.25, 0.3) is 0 Å². The molecule has 0 aliphatic rings. The van der Waals surface area contributed by atoms with Gasteiger partial charge in [-0.2, -0.15) is 0 Å². The first-order valence-corrected chi connectivity index (χ1v) is 6.04. The Labute approximate surface area is 99.7 Å². The molecule has 2 nitrogen and oxygen atoms in total. The average Bonchev–Trinajstić information content (AvgIpc) is 2.25. The van der Waals surface area contributed by atoms with Gasteiger partial charge in [0, 0.05) is 19.6 Å². The number of hydrogen-bond donors (Lipinski definition) is 1. The summed E-state index contributed by atoms with van der Waals surface area (Å²) in [6.07, 6.45) is 0. The first-order chi connectivity index (χ1) is 7.59. The highest BCUT2D eigenvalue weighted by Gasteiger charge is 1.98. The van der Waals surface area contributed by atoms with Crippen LogP contribution in [0.4, 0.5) is 0 Å². The first-order valence-electron chi connectivity index (χ1n) is 6.04. The molecule has 0 fully saturated rings. The third-order valence-corrected chi connectivity index (χ3v) is 2.71. The summed E-state index contributed by atoms with van der Waals surface area (Å²) >= 11 is 0. The number of likely N-dealkylation sites (N-methyl/N-ethyl adjacent to an activating group) is 1. The van der Waals surface area contributed by atoms with E-state index in [1.807, 2.05) is 0 Å². The third kappa shape index (κ3) is 4.77. The lowest BCUT2D eigenvalue weighted by atomic mass is 10.0. The monoisotopic (exact) mass is 220 g/mol. The summed E-state index contributed by atoms with van der Waals surface area (Å²) in [4.78, 5) is 2.19. The van der Waals surface area contributed by atoms with Crippen LogP contribution < -0.4 is 5.32 Å². The van der Waals surface area contributed by atoms with Crippen LogP contribution in [0.5, 0.6) is 0 Å². The molecule has 0 spiro atoms. The van der Waals surface area contributed by atoms with Crippen LogP contribution in [-0.2, 0) is 6.54 Å². The van der Waals surface area contributed by atoms with Crippen molar-refractivity contribution in [1.29, 1.82) is 0 Å². The highest BCUT2D eigenvalue weighted by Crippen LogP contribution is 2.14. The zero-order valence-corrected chi connectivity index (χ0v) is 11.0. The molecule has 0 atom stereocenters. The van der Waals surface area contributed by atoms with Gasteiger partial charge in [-0.25, -0.2) is 0 Å². The van der Waals surface area contributed by atoms with Crippen LogP contribution in [0.15, 0.2) is 24.3 Å². The molecule has 0 amide bonds. The van der Waals surface area contributed by atoms with E-state index in [9.17, 15) is 0 Å². The molecule has 0 aliphatic carbocycles. The minimum absolute atomic E-state index is 0.621. The smallest absolute Gasteiger partial charge is 0.0206 e. The van der Waals surface area contributed by atoms with E-state index in [0.29, 0.717) is 5.92 Å². The highest BCUT2D eigenvalue weighted by molar-refractivity contribution is 5.24. The van der Waals surface area contributed by atoms with Crippen molar-refractivity contribution in [2.24, 2.45) is 0 Å². The molecule has 90 valence electrons. The van der Waals surface area contributed by atoms with Gasteiger partial charge in [0.05, 0.1) is 0 Å². The molecule has 0 aromatic heterocycles. The largest absolute Gasteiger partial charge is 0.311 e. The minimum atomic E-state index is 0.621. The van der Waals surface area contributed by atoms with Crippen LogP contribution in [-0.4, -0.2) is 32.1 Å². The van der Waals surface area contributed by atoms with E-state index in [0.717, 1.165) is 19.6 Å². The standard InChI is InChI=1S/C14H24N2/c1-12(2)14-7-5-13(6-8-14)11-15-9-10-16(3)4/h5-8,12,15H,9-11H2,1-4H3. The van der Waals surface area contributed by atoms with Crippen LogP contribution >= 0.6 is 0 Å². The molecule has 0 bridgehead atoms. The fourth-order valence-electron chi connectivity index (χ4n) is 1.56. The van der Waals surface area contributed by atoms with Crippen LogP contribution in [0, 0.1) is 0 Å². The SMILES string of the molecule is CC(C)c1ccc(CNCCN(C)C)cc1. The highest BCUT2D eigenvalue weighted by atomic mass is 15.1. The van der Waals surface area contributed by atoms with Crippen molar-refractivity contribution in [3.8, 4) is 0 Å². The number of hydrogen-bond acceptors (Lipinski definition) is 2. The summed E-state index contributed by atoms with van der Waals surface area (Å²) in [5, 5.41) is 3.44. The molecule has 0 heterocycles. The van der Waals surface area contributed by atoms with Crippen LogP contribution in [0.2, 0.25) is 0 Å². The molecule has 1 N–H and O–H groups in total. The number of nitrogens with zero attached hydrogens (tertiary/aromatic N) is 1. The second-order valence-corrected chi connectivity index (χ2v) is 4.88. The van der Waals surface area contributed by atoms with E-state index in [2.05, 4.69) is 62.4 Å². The van der Waals surface area contributed by atoms with Gasteiger partial charge in [-0.3, -0.25) is 0 Å².